The molecule has 0 unspecified atom stereocenters. The molecule has 0 fully saturated rings. The molecule has 1 aromatic carbocycles. The molecular formula is C18H19ClN2O3S2. The van der Waals surface area contributed by atoms with Crippen molar-refractivity contribution in [1.82, 2.24) is 10.3 Å². The van der Waals surface area contributed by atoms with Crippen LogP contribution in [0.3, 0.4) is 0 Å². The van der Waals surface area contributed by atoms with Crippen LogP contribution < -0.4 is 10.3 Å². The molecule has 1 atom stereocenters. The van der Waals surface area contributed by atoms with E-state index in [-0.39, 0.29) is 0 Å². The van der Waals surface area contributed by atoms with Crippen LogP contribution in [0.2, 0.25) is 5.02 Å². The zero-order valence-electron chi connectivity index (χ0n) is 14.2. The van der Waals surface area contributed by atoms with Crippen molar-refractivity contribution in [3.8, 4) is 0 Å². The number of sulfonamides is 1. The molecule has 138 valence electrons. The van der Waals surface area contributed by atoms with Crippen LogP contribution in [0, 0.1) is 5.92 Å². The third kappa shape index (κ3) is 4.94. The van der Waals surface area contributed by atoms with Crippen molar-refractivity contribution < 1.29 is 13.2 Å². The Balaban J connectivity index is 1.60. The van der Waals surface area contributed by atoms with Crippen LogP contribution in [0.4, 0.5) is 0 Å². The lowest BCUT2D eigenvalue weighted by Crippen LogP contribution is -2.40. The normalized spacial score (nSPS) is 17.2. The van der Waals surface area contributed by atoms with E-state index in [9.17, 15) is 13.2 Å². The Kier molecular flexibility index (Phi) is 5.82. The molecule has 0 radical (unpaired) electrons. The number of halogens is 1. The second kappa shape index (κ2) is 7.92. The van der Waals surface area contributed by atoms with E-state index >= 15 is 0 Å². The van der Waals surface area contributed by atoms with Crippen molar-refractivity contribution in [2.45, 2.75) is 26.2 Å². The summed E-state index contributed by atoms with van der Waals surface area (Å²) in [6.07, 6.45) is 4.49. The maximum atomic E-state index is 12.2. The number of nitrogens with one attached hydrogen (secondary N) is 2. The Bertz CT molecular complexity index is 934. The zero-order chi connectivity index (χ0) is 18.7. The van der Waals surface area contributed by atoms with E-state index in [1.165, 1.54) is 27.9 Å². The van der Waals surface area contributed by atoms with Gasteiger partial charge in [0.05, 0.1) is 4.88 Å². The summed E-state index contributed by atoms with van der Waals surface area (Å²) in [5.74, 6) is 0.171. The molecule has 2 N–H and O–H groups in total. The molecule has 0 aliphatic heterocycles. The molecule has 3 rings (SSSR count). The lowest BCUT2D eigenvalue weighted by Gasteiger charge is -2.16. The second-order valence-corrected chi connectivity index (χ2v) is 9.50. The van der Waals surface area contributed by atoms with E-state index in [0.29, 0.717) is 21.4 Å². The van der Waals surface area contributed by atoms with Gasteiger partial charge in [0.25, 0.3) is 15.9 Å². The van der Waals surface area contributed by atoms with Crippen LogP contribution in [0.5, 0.6) is 0 Å². The third-order valence-electron chi connectivity index (χ3n) is 4.17. The fourth-order valence-corrected chi connectivity index (χ4v) is 4.64. The van der Waals surface area contributed by atoms with Crippen molar-refractivity contribution in [3.63, 3.8) is 0 Å². The van der Waals surface area contributed by atoms with Gasteiger partial charge in [0.2, 0.25) is 0 Å². The summed E-state index contributed by atoms with van der Waals surface area (Å²) in [4.78, 5) is 16.1. The first-order valence-corrected chi connectivity index (χ1v) is 10.9. The zero-order valence-corrected chi connectivity index (χ0v) is 16.5. The van der Waals surface area contributed by atoms with Gasteiger partial charge >= 0.3 is 0 Å². The number of hydrazine groups is 1. The predicted molar refractivity (Wildman–Crippen MR) is 106 cm³/mol. The number of fused-ring (bicyclic) bond motifs is 1. The number of thiophene rings is 1. The van der Waals surface area contributed by atoms with Crippen LogP contribution in [-0.2, 0) is 22.9 Å². The number of hydrogen-bond donors (Lipinski definition) is 2. The van der Waals surface area contributed by atoms with E-state index in [1.807, 2.05) is 6.07 Å². The highest BCUT2D eigenvalue weighted by atomic mass is 35.5. The van der Waals surface area contributed by atoms with Gasteiger partial charge in [-0.3, -0.25) is 10.2 Å². The third-order valence-corrected chi connectivity index (χ3v) is 6.54. The summed E-state index contributed by atoms with van der Waals surface area (Å²) in [5, 5.41) is 1.57. The molecule has 1 aliphatic rings. The predicted octanol–water partition coefficient (Wildman–Crippen LogP) is 3.76. The lowest BCUT2D eigenvalue weighted by atomic mass is 9.90. The SMILES string of the molecule is C[C@H]1CCc2sc(C(=O)NNS(=O)(=O)/C=C/c3ccc(Cl)cc3)cc2C1. The van der Waals surface area contributed by atoms with Crippen molar-refractivity contribution in [1.29, 1.82) is 0 Å². The van der Waals surface area contributed by atoms with E-state index < -0.39 is 15.9 Å². The Labute approximate surface area is 162 Å². The van der Waals surface area contributed by atoms with Gasteiger partial charge in [0, 0.05) is 15.3 Å². The van der Waals surface area contributed by atoms with Crippen molar-refractivity contribution in [3.05, 3.63) is 61.6 Å². The number of aryl methyl sites for hydroxylation is 1. The number of amides is 1. The molecule has 2 aromatic rings. The summed E-state index contributed by atoms with van der Waals surface area (Å²) in [7, 11) is -3.79. The lowest BCUT2D eigenvalue weighted by molar-refractivity contribution is 0.0949. The van der Waals surface area contributed by atoms with Crippen LogP contribution in [0.15, 0.2) is 35.7 Å². The van der Waals surface area contributed by atoms with Crippen LogP contribution in [0.1, 0.15) is 39.0 Å². The van der Waals surface area contributed by atoms with Crippen molar-refractivity contribution >= 4 is 44.9 Å². The quantitative estimate of drug-likeness (QED) is 0.737. The molecule has 1 amide bonds. The Morgan fingerprint density at radius 3 is 2.77 bits per heavy atom. The molecule has 5 nitrogen and oxygen atoms in total. The van der Waals surface area contributed by atoms with Gasteiger partial charge in [-0.15, -0.1) is 16.2 Å². The van der Waals surface area contributed by atoms with Crippen LogP contribution >= 0.6 is 22.9 Å². The van der Waals surface area contributed by atoms with Crippen molar-refractivity contribution in [2.75, 3.05) is 0 Å². The fraction of sp³-hybridized carbons (Fsp3) is 0.278. The molecule has 0 bridgehead atoms. The molecule has 1 heterocycles. The Morgan fingerprint density at radius 1 is 1.31 bits per heavy atom. The molecule has 1 aliphatic carbocycles. The number of hydrogen-bond acceptors (Lipinski definition) is 4. The number of carbonyl (C=O) groups excluding carboxylic acids is 1. The summed E-state index contributed by atoms with van der Waals surface area (Å²) in [5.41, 5.74) is 4.15. The van der Waals surface area contributed by atoms with Gasteiger partial charge in [-0.05, 0) is 60.6 Å². The molecule has 26 heavy (non-hydrogen) atoms. The minimum Gasteiger partial charge on any atom is -0.273 e. The first-order valence-electron chi connectivity index (χ1n) is 8.20. The molecule has 8 heteroatoms. The largest absolute Gasteiger partial charge is 0.276 e. The number of rotatable bonds is 5. The second-order valence-electron chi connectivity index (χ2n) is 6.36. The first kappa shape index (κ1) is 19.1. The fourth-order valence-electron chi connectivity index (χ4n) is 2.77. The van der Waals surface area contributed by atoms with Crippen LogP contribution in [0.25, 0.3) is 6.08 Å². The summed E-state index contributed by atoms with van der Waals surface area (Å²) < 4.78 is 24.0. The Morgan fingerprint density at radius 2 is 2.04 bits per heavy atom. The molecular weight excluding hydrogens is 392 g/mol. The van der Waals surface area contributed by atoms with E-state index in [1.54, 1.807) is 24.3 Å². The van der Waals surface area contributed by atoms with Crippen molar-refractivity contribution in [2.24, 2.45) is 5.92 Å². The standard InChI is InChI=1S/C18H19ClN2O3S2/c1-12-2-7-16-14(10-12)11-17(25-16)18(22)20-21-26(23,24)9-8-13-3-5-15(19)6-4-13/h3-6,8-9,11-12,21H,2,7,10H2,1H3,(H,20,22)/b9-8+/t12-/m0/s1. The summed E-state index contributed by atoms with van der Waals surface area (Å²) in [6, 6.07) is 8.60. The Hall–Kier alpha value is -1.67. The smallest absolute Gasteiger partial charge is 0.273 e. The van der Waals surface area contributed by atoms with E-state index in [0.717, 1.165) is 24.7 Å². The summed E-state index contributed by atoms with van der Waals surface area (Å²) >= 11 is 7.22. The maximum absolute atomic E-state index is 12.2. The van der Waals surface area contributed by atoms with E-state index in [4.69, 9.17) is 11.6 Å². The average Bonchev–Trinajstić information content (AvgIpc) is 3.02. The maximum Gasteiger partial charge on any atom is 0.276 e. The monoisotopic (exact) mass is 410 g/mol. The first-order chi connectivity index (χ1) is 12.3. The number of carbonyl (C=O) groups is 1. The topological polar surface area (TPSA) is 75.3 Å². The highest BCUT2D eigenvalue weighted by molar-refractivity contribution is 7.92. The van der Waals surface area contributed by atoms with Crippen LogP contribution in [-0.4, -0.2) is 14.3 Å². The van der Waals surface area contributed by atoms with Gasteiger partial charge in [0.15, 0.2) is 0 Å². The number of benzene rings is 1. The van der Waals surface area contributed by atoms with Gasteiger partial charge < -0.3 is 0 Å². The highest BCUT2D eigenvalue weighted by Gasteiger charge is 2.21. The van der Waals surface area contributed by atoms with Gasteiger partial charge in [0.1, 0.15) is 0 Å². The van der Waals surface area contributed by atoms with Gasteiger partial charge in [-0.25, -0.2) is 8.42 Å². The summed E-state index contributed by atoms with van der Waals surface area (Å²) in [6.45, 7) is 2.20. The highest BCUT2D eigenvalue weighted by Crippen LogP contribution is 2.32. The van der Waals surface area contributed by atoms with E-state index in [2.05, 4.69) is 17.2 Å². The molecule has 0 saturated heterocycles. The average molecular weight is 411 g/mol. The van der Waals surface area contributed by atoms with Gasteiger partial charge in [-0.1, -0.05) is 30.7 Å². The van der Waals surface area contributed by atoms with Gasteiger partial charge in [-0.2, -0.15) is 0 Å². The molecule has 0 spiro atoms. The minimum atomic E-state index is -3.79. The minimum absolute atomic E-state index is 0.444. The molecule has 0 saturated carbocycles. The molecule has 1 aromatic heterocycles.